The van der Waals surface area contributed by atoms with Crippen LogP contribution in [0.2, 0.25) is 0 Å². The minimum Gasteiger partial charge on any atom is -0.381 e. The molecular weight excluding hydrogens is 240 g/mol. The second-order valence-corrected chi connectivity index (χ2v) is 7.27. The van der Waals surface area contributed by atoms with Gasteiger partial charge in [-0.3, -0.25) is 4.79 Å². The Morgan fingerprint density at radius 2 is 1.84 bits per heavy atom. The summed E-state index contributed by atoms with van der Waals surface area (Å²) in [5.74, 6) is 1.00. The third kappa shape index (κ3) is 2.87. The van der Waals surface area contributed by atoms with Gasteiger partial charge in [0.05, 0.1) is 6.10 Å². The van der Waals surface area contributed by atoms with Crippen LogP contribution in [-0.4, -0.2) is 32.2 Å². The molecule has 1 saturated heterocycles. The standard InChI is InChI=1S/C16H28O3/c1-15(2,3)16(5-7-19-8-6-16)14(17)11-12-9-13(10-12)18-4/h12-13H,5-11H2,1-4H3. The van der Waals surface area contributed by atoms with Crippen molar-refractivity contribution < 1.29 is 14.3 Å². The zero-order chi connectivity index (χ0) is 14.1. The molecule has 0 aromatic carbocycles. The van der Waals surface area contributed by atoms with Gasteiger partial charge in [-0.1, -0.05) is 20.8 Å². The summed E-state index contributed by atoms with van der Waals surface area (Å²) in [5, 5.41) is 0. The number of hydrogen-bond acceptors (Lipinski definition) is 3. The van der Waals surface area contributed by atoms with Crippen LogP contribution in [0.4, 0.5) is 0 Å². The summed E-state index contributed by atoms with van der Waals surface area (Å²) >= 11 is 0. The summed E-state index contributed by atoms with van der Waals surface area (Å²) in [4.78, 5) is 12.9. The minimum atomic E-state index is -0.177. The van der Waals surface area contributed by atoms with Crippen LogP contribution in [0.25, 0.3) is 0 Å². The van der Waals surface area contributed by atoms with Crippen LogP contribution in [0, 0.1) is 16.7 Å². The quantitative estimate of drug-likeness (QED) is 0.785. The molecule has 2 aliphatic rings. The maximum Gasteiger partial charge on any atom is 0.140 e. The maximum absolute atomic E-state index is 12.9. The van der Waals surface area contributed by atoms with E-state index < -0.39 is 0 Å². The van der Waals surface area contributed by atoms with Gasteiger partial charge in [-0.15, -0.1) is 0 Å². The molecule has 0 N–H and O–H groups in total. The molecule has 0 radical (unpaired) electrons. The van der Waals surface area contributed by atoms with Gasteiger partial charge < -0.3 is 9.47 Å². The number of rotatable bonds is 4. The van der Waals surface area contributed by atoms with Crippen LogP contribution in [0.15, 0.2) is 0 Å². The second-order valence-electron chi connectivity index (χ2n) is 7.27. The second kappa shape index (κ2) is 5.53. The topological polar surface area (TPSA) is 35.5 Å². The van der Waals surface area contributed by atoms with Crippen molar-refractivity contribution in [3.63, 3.8) is 0 Å². The van der Waals surface area contributed by atoms with Crippen molar-refractivity contribution in [2.75, 3.05) is 20.3 Å². The lowest BCUT2D eigenvalue weighted by molar-refractivity contribution is -0.147. The molecule has 0 unspecified atom stereocenters. The average Bonchev–Trinajstić information content (AvgIpc) is 2.32. The van der Waals surface area contributed by atoms with Crippen molar-refractivity contribution in [1.82, 2.24) is 0 Å². The smallest absolute Gasteiger partial charge is 0.140 e. The normalized spacial score (nSPS) is 30.7. The molecular formula is C16H28O3. The molecule has 0 aromatic heterocycles. The van der Waals surface area contributed by atoms with Crippen molar-refractivity contribution in [3.05, 3.63) is 0 Å². The highest BCUT2D eigenvalue weighted by atomic mass is 16.5. The summed E-state index contributed by atoms with van der Waals surface area (Å²) < 4.78 is 10.8. The van der Waals surface area contributed by atoms with Gasteiger partial charge in [0, 0.05) is 32.2 Å². The summed E-state index contributed by atoms with van der Waals surface area (Å²) in [5.41, 5.74) is -0.151. The number of ketones is 1. The molecule has 2 fully saturated rings. The monoisotopic (exact) mass is 268 g/mol. The van der Waals surface area contributed by atoms with E-state index >= 15 is 0 Å². The maximum atomic E-state index is 12.9. The molecule has 110 valence electrons. The van der Waals surface area contributed by atoms with Crippen molar-refractivity contribution in [2.45, 2.75) is 59.0 Å². The molecule has 1 saturated carbocycles. The zero-order valence-corrected chi connectivity index (χ0v) is 12.8. The fraction of sp³-hybridized carbons (Fsp3) is 0.938. The number of methoxy groups -OCH3 is 1. The van der Waals surface area contributed by atoms with Gasteiger partial charge in [-0.25, -0.2) is 0 Å². The summed E-state index contributed by atoms with van der Waals surface area (Å²) in [6, 6.07) is 0. The van der Waals surface area contributed by atoms with Crippen LogP contribution in [0.3, 0.4) is 0 Å². The molecule has 0 atom stereocenters. The molecule has 3 nitrogen and oxygen atoms in total. The minimum absolute atomic E-state index is 0.0261. The van der Waals surface area contributed by atoms with E-state index in [4.69, 9.17) is 9.47 Å². The number of hydrogen-bond donors (Lipinski definition) is 0. The Labute approximate surface area is 117 Å². The van der Waals surface area contributed by atoms with Crippen molar-refractivity contribution in [3.8, 4) is 0 Å². The number of Topliss-reactive ketones (excluding diaryl/α,β-unsaturated/α-hetero) is 1. The lowest BCUT2D eigenvalue weighted by Crippen LogP contribution is -2.48. The molecule has 0 spiro atoms. The number of carbonyl (C=O) groups excluding carboxylic acids is 1. The SMILES string of the molecule is COC1CC(CC(=O)C2(C(C)(C)C)CCOCC2)C1. The summed E-state index contributed by atoms with van der Waals surface area (Å²) in [6.45, 7) is 8.07. The van der Waals surface area contributed by atoms with E-state index in [2.05, 4.69) is 20.8 Å². The highest BCUT2D eigenvalue weighted by Gasteiger charge is 2.49. The third-order valence-corrected chi connectivity index (χ3v) is 5.32. The fourth-order valence-electron chi connectivity index (χ4n) is 3.66. The van der Waals surface area contributed by atoms with Gasteiger partial charge in [-0.2, -0.15) is 0 Å². The van der Waals surface area contributed by atoms with Crippen LogP contribution in [0.1, 0.15) is 52.9 Å². The number of ether oxygens (including phenoxy) is 2. The Kier molecular flexibility index (Phi) is 4.36. The van der Waals surface area contributed by atoms with Gasteiger partial charge in [-0.05, 0) is 37.0 Å². The van der Waals surface area contributed by atoms with Crippen molar-refractivity contribution in [1.29, 1.82) is 0 Å². The van der Waals surface area contributed by atoms with E-state index in [-0.39, 0.29) is 10.8 Å². The van der Waals surface area contributed by atoms with E-state index in [0.29, 0.717) is 17.8 Å². The molecule has 1 heterocycles. The molecule has 1 aliphatic carbocycles. The molecule has 0 amide bonds. The first kappa shape index (κ1) is 15.0. The van der Waals surface area contributed by atoms with Crippen LogP contribution in [-0.2, 0) is 14.3 Å². The first-order valence-corrected chi connectivity index (χ1v) is 7.53. The Balaban J connectivity index is 2.01. The zero-order valence-electron chi connectivity index (χ0n) is 12.8. The predicted molar refractivity (Wildman–Crippen MR) is 75.1 cm³/mol. The van der Waals surface area contributed by atoms with Crippen LogP contribution in [0.5, 0.6) is 0 Å². The predicted octanol–water partition coefficient (Wildman–Crippen LogP) is 3.21. The molecule has 3 heteroatoms. The highest BCUT2D eigenvalue weighted by Crippen LogP contribution is 2.49. The number of carbonyl (C=O) groups is 1. The van der Waals surface area contributed by atoms with E-state index in [9.17, 15) is 4.79 Å². The van der Waals surface area contributed by atoms with Crippen LogP contribution < -0.4 is 0 Å². The molecule has 19 heavy (non-hydrogen) atoms. The Morgan fingerprint density at radius 3 is 2.32 bits per heavy atom. The molecule has 0 aromatic rings. The van der Waals surface area contributed by atoms with E-state index in [1.807, 2.05) is 0 Å². The lowest BCUT2D eigenvalue weighted by Gasteiger charge is -2.47. The molecule has 0 bridgehead atoms. The first-order valence-electron chi connectivity index (χ1n) is 7.53. The third-order valence-electron chi connectivity index (χ3n) is 5.32. The largest absolute Gasteiger partial charge is 0.381 e. The van der Waals surface area contributed by atoms with Crippen LogP contribution >= 0.6 is 0 Å². The Hall–Kier alpha value is -0.410. The Bertz CT molecular complexity index is 317. The Morgan fingerprint density at radius 1 is 1.26 bits per heavy atom. The average molecular weight is 268 g/mol. The van der Waals surface area contributed by atoms with Gasteiger partial charge in [0.15, 0.2) is 0 Å². The van der Waals surface area contributed by atoms with Gasteiger partial charge in [0.2, 0.25) is 0 Å². The van der Waals surface area contributed by atoms with Crippen molar-refractivity contribution in [2.24, 2.45) is 16.7 Å². The summed E-state index contributed by atoms with van der Waals surface area (Å²) in [7, 11) is 1.76. The van der Waals surface area contributed by atoms with Gasteiger partial charge >= 0.3 is 0 Å². The van der Waals surface area contributed by atoms with E-state index in [1.165, 1.54) is 0 Å². The fourth-order valence-corrected chi connectivity index (χ4v) is 3.66. The molecule has 1 aliphatic heterocycles. The first-order chi connectivity index (χ1) is 8.89. The van der Waals surface area contributed by atoms with Gasteiger partial charge in [0.1, 0.15) is 5.78 Å². The molecule has 2 rings (SSSR count). The lowest BCUT2D eigenvalue weighted by atomic mass is 9.58. The summed E-state index contributed by atoms with van der Waals surface area (Å²) in [6.07, 6.45) is 5.00. The van der Waals surface area contributed by atoms with E-state index in [1.54, 1.807) is 7.11 Å². The van der Waals surface area contributed by atoms with Gasteiger partial charge in [0.25, 0.3) is 0 Å². The highest BCUT2D eigenvalue weighted by molar-refractivity contribution is 5.86. The van der Waals surface area contributed by atoms with E-state index in [0.717, 1.165) is 45.3 Å². The van der Waals surface area contributed by atoms with Crippen molar-refractivity contribution >= 4 is 5.78 Å².